The Morgan fingerprint density at radius 2 is 2.28 bits per heavy atom. The summed E-state index contributed by atoms with van der Waals surface area (Å²) < 4.78 is 6.98. The second-order valence-corrected chi connectivity index (χ2v) is 4.19. The smallest absolute Gasteiger partial charge is 0.119 e. The van der Waals surface area contributed by atoms with E-state index < -0.39 is 0 Å². The highest BCUT2D eigenvalue weighted by molar-refractivity contribution is 5.29. The highest BCUT2D eigenvalue weighted by Gasteiger charge is 2.13. The molecule has 1 unspecified atom stereocenters. The van der Waals surface area contributed by atoms with Crippen LogP contribution < -0.4 is 16.0 Å². The van der Waals surface area contributed by atoms with Gasteiger partial charge in [-0.05, 0) is 30.2 Å². The number of rotatable bonds is 5. The van der Waals surface area contributed by atoms with Gasteiger partial charge in [-0.2, -0.15) is 5.10 Å². The fraction of sp³-hybridized carbons (Fsp3) is 0.308. The minimum atomic E-state index is -0.00157. The fourth-order valence-electron chi connectivity index (χ4n) is 1.90. The number of benzene rings is 1. The Bertz CT molecular complexity index is 509. The third-order valence-corrected chi connectivity index (χ3v) is 2.87. The molecule has 0 aliphatic rings. The Hall–Kier alpha value is -1.85. The van der Waals surface area contributed by atoms with E-state index in [0.29, 0.717) is 0 Å². The molecule has 1 aromatic carbocycles. The number of nitrogens with one attached hydrogen (secondary N) is 1. The van der Waals surface area contributed by atoms with Gasteiger partial charge in [0, 0.05) is 13.2 Å². The Morgan fingerprint density at radius 3 is 2.89 bits per heavy atom. The molecule has 96 valence electrons. The minimum Gasteiger partial charge on any atom is -0.497 e. The van der Waals surface area contributed by atoms with E-state index in [1.165, 1.54) is 0 Å². The van der Waals surface area contributed by atoms with Crippen LogP contribution in [0.5, 0.6) is 5.75 Å². The Labute approximate surface area is 107 Å². The maximum absolute atomic E-state index is 5.60. The van der Waals surface area contributed by atoms with Gasteiger partial charge in [-0.15, -0.1) is 0 Å². The zero-order valence-electron chi connectivity index (χ0n) is 10.6. The summed E-state index contributed by atoms with van der Waals surface area (Å²) in [4.78, 5) is 0. The van der Waals surface area contributed by atoms with Crippen LogP contribution >= 0.6 is 0 Å². The highest BCUT2D eigenvalue weighted by Crippen LogP contribution is 2.19. The first-order valence-electron chi connectivity index (χ1n) is 5.81. The normalized spacial score (nSPS) is 12.4. The zero-order valence-corrected chi connectivity index (χ0v) is 10.6. The van der Waals surface area contributed by atoms with E-state index in [2.05, 4.69) is 16.6 Å². The second kappa shape index (κ2) is 5.66. The van der Waals surface area contributed by atoms with Gasteiger partial charge in [-0.25, -0.2) is 0 Å². The van der Waals surface area contributed by atoms with E-state index in [0.717, 1.165) is 23.4 Å². The van der Waals surface area contributed by atoms with Crippen molar-refractivity contribution in [3.8, 4) is 5.75 Å². The molecule has 0 radical (unpaired) electrons. The van der Waals surface area contributed by atoms with Crippen molar-refractivity contribution in [1.82, 2.24) is 15.2 Å². The van der Waals surface area contributed by atoms with Crippen molar-refractivity contribution in [3.63, 3.8) is 0 Å². The predicted molar refractivity (Wildman–Crippen MR) is 70.0 cm³/mol. The molecule has 3 N–H and O–H groups in total. The molecule has 18 heavy (non-hydrogen) atoms. The molecule has 0 fully saturated rings. The van der Waals surface area contributed by atoms with Gasteiger partial charge in [0.05, 0.1) is 18.8 Å². The molecular formula is C13H18N4O. The average molecular weight is 246 g/mol. The first kappa shape index (κ1) is 12.6. The molecule has 1 atom stereocenters. The largest absolute Gasteiger partial charge is 0.497 e. The lowest BCUT2D eigenvalue weighted by Crippen LogP contribution is -2.30. The number of nitrogens with zero attached hydrogens (tertiary/aromatic N) is 2. The monoisotopic (exact) mass is 246 g/mol. The van der Waals surface area contributed by atoms with Crippen LogP contribution in [0.3, 0.4) is 0 Å². The predicted octanol–water partition coefficient (Wildman–Crippen LogP) is 1.18. The lowest BCUT2D eigenvalue weighted by atomic mass is 10.0. The SMILES string of the molecule is COc1cccc(CC(NN)c2ccn(C)n2)c1. The molecule has 5 nitrogen and oxygen atoms in total. The van der Waals surface area contributed by atoms with Crippen LogP contribution in [0, 0.1) is 0 Å². The van der Waals surface area contributed by atoms with E-state index in [4.69, 9.17) is 10.6 Å². The molecule has 2 rings (SSSR count). The topological polar surface area (TPSA) is 65.1 Å². The maximum atomic E-state index is 5.60. The summed E-state index contributed by atoms with van der Waals surface area (Å²) >= 11 is 0. The zero-order chi connectivity index (χ0) is 13.0. The Balaban J connectivity index is 2.14. The van der Waals surface area contributed by atoms with Gasteiger partial charge in [0.15, 0.2) is 0 Å². The fourth-order valence-corrected chi connectivity index (χ4v) is 1.90. The second-order valence-electron chi connectivity index (χ2n) is 4.19. The molecular weight excluding hydrogens is 228 g/mol. The van der Waals surface area contributed by atoms with Gasteiger partial charge in [0.2, 0.25) is 0 Å². The van der Waals surface area contributed by atoms with E-state index >= 15 is 0 Å². The van der Waals surface area contributed by atoms with Crippen LogP contribution in [0.4, 0.5) is 0 Å². The lowest BCUT2D eigenvalue weighted by Gasteiger charge is -2.14. The van der Waals surface area contributed by atoms with Gasteiger partial charge >= 0.3 is 0 Å². The summed E-state index contributed by atoms with van der Waals surface area (Å²) in [7, 11) is 3.55. The summed E-state index contributed by atoms with van der Waals surface area (Å²) in [5.41, 5.74) is 4.89. The van der Waals surface area contributed by atoms with Gasteiger partial charge in [-0.3, -0.25) is 16.0 Å². The summed E-state index contributed by atoms with van der Waals surface area (Å²) in [6.45, 7) is 0. The molecule has 0 amide bonds. The average Bonchev–Trinajstić information content (AvgIpc) is 2.82. The van der Waals surface area contributed by atoms with Gasteiger partial charge < -0.3 is 4.74 Å². The Morgan fingerprint density at radius 1 is 1.44 bits per heavy atom. The molecule has 1 aromatic heterocycles. The van der Waals surface area contributed by atoms with Gasteiger partial charge in [0.1, 0.15) is 5.75 Å². The number of hydrogen-bond acceptors (Lipinski definition) is 4. The van der Waals surface area contributed by atoms with Crippen LogP contribution in [0.2, 0.25) is 0 Å². The quantitative estimate of drug-likeness (QED) is 0.614. The van der Waals surface area contributed by atoms with Crippen LogP contribution in [0.25, 0.3) is 0 Å². The van der Waals surface area contributed by atoms with Crippen LogP contribution in [0.1, 0.15) is 17.3 Å². The molecule has 0 aliphatic heterocycles. The Kier molecular flexibility index (Phi) is 3.96. The van der Waals surface area contributed by atoms with Crippen molar-refractivity contribution in [2.75, 3.05) is 7.11 Å². The van der Waals surface area contributed by atoms with Crippen molar-refractivity contribution < 1.29 is 4.74 Å². The van der Waals surface area contributed by atoms with Crippen molar-refractivity contribution in [1.29, 1.82) is 0 Å². The van der Waals surface area contributed by atoms with E-state index in [1.54, 1.807) is 11.8 Å². The van der Waals surface area contributed by atoms with E-state index in [1.807, 2.05) is 37.5 Å². The number of hydrazine groups is 1. The first-order chi connectivity index (χ1) is 8.72. The molecule has 0 saturated heterocycles. The van der Waals surface area contributed by atoms with E-state index in [-0.39, 0.29) is 6.04 Å². The number of aromatic nitrogens is 2. The molecule has 2 aromatic rings. The standard InChI is InChI=1S/C13H18N4O/c1-17-7-6-12(16-17)13(15-14)9-10-4-3-5-11(8-10)18-2/h3-8,13,15H,9,14H2,1-2H3. The molecule has 1 heterocycles. The number of nitrogens with two attached hydrogens (primary N) is 1. The van der Waals surface area contributed by atoms with Crippen LogP contribution in [0.15, 0.2) is 36.5 Å². The summed E-state index contributed by atoms with van der Waals surface area (Å²) in [5, 5.41) is 4.36. The molecule has 0 bridgehead atoms. The van der Waals surface area contributed by atoms with Crippen LogP contribution in [-0.2, 0) is 13.5 Å². The molecule has 0 saturated carbocycles. The number of aryl methyl sites for hydroxylation is 1. The highest BCUT2D eigenvalue weighted by atomic mass is 16.5. The molecule has 5 heteroatoms. The van der Waals surface area contributed by atoms with Crippen molar-refractivity contribution in [3.05, 3.63) is 47.8 Å². The summed E-state index contributed by atoms with van der Waals surface area (Å²) in [6.07, 6.45) is 2.68. The third kappa shape index (κ3) is 2.88. The van der Waals surface area contributed by atoms with Crippen molar-refractivity contribution >= 4 is 0 Å². The van der Waals surface area contributed by atoms with Crippen LogP contribution in [-0.4, -0.2) is 16.9 Å². The summed E-state index contributed by atoms with van der Waals surface area (Å²) in [6, 6.07) is 9.92. The van der Waals surface area contributed by atoms with Gasteiger partial charge in [-0.1, -0.05) is 12.1 Å². The molecule has 0 spiro atoms. The van der Waals surface area contributed by atoms with Crippen molar-refractivity contribution in [2.45, 2.75) is 12.5 Å². The number of ether oxygens (including phenoxy) is 1. The lowest BCUT2D eigenvalue weighted by molar-refractivity contribution is 0.413. The first-order valence-corrected chi connectivity index (χ1v) is 5.81. The van der Waals surface area contributed by atoms with Crippen molar-refractivity contribution in [2.24, 2.45) is 12.9 Å². The third-order valence-electron chi connectivity index (χ3n) is 2.87. The minimum absolute atomic E-state index is 0.00157. The maximum Gasteiger partial charge on any atom is 0.119 e. The van der Waals surface area contributed by atoms with Gasteiger partial charge in [0.25, 0.3) is 0 Å². The number of methoxy groups -OCH3 is 1. The number of hydrogen-bond donors (Lipinski definition) is 2. The van der Waals surface area contributed by atoms with E-state index in [9.17, 15) is 0 Å². The summed E-state index contributed by atoms with van der Waals surface area (Å²) in [5.74, 6) is 6.45. The molecule has 0 aliphatic carbocycles.